The Hall–Kier alpha value is -6.72. The second-order valence-corrected chi connectivity index (χ2v) is 12.2. The average Bonchev–Trinajstić information content (AvgIpc) is 3.53. The van der Waals surface area contributed by atoms with Gasteiger partial charge in [-0.2, -0.15) is 0 Å². The molecule has 1 aliphatic heterocycles. The van der Waals surface area contributed by atoms with Gasteiger partial charge < -0.3 is 14.0 Å². The second-order valence-electron chi connectivity index (χ2n) is 12.2. The molecule has 1 aliphatic rings. The minimum absolute atomic E-state index is 0.658. The quantitative estimate of drug-likeness (QED) is 0.194. The van der Waals surface area contributed by atoms with Gasteiger partial charge in [0.2, 0.25) is 0 Å². The van der Waals surface area contributed by atoms with Crippen LogP contribution in [-0.4, -0.2) is 14.5 Å². The van der Waals surface area contributed by atoms with Crippen molar-refractivity contribution in [2.24, 2.45) is 0 Å². The van der Waals surface area contributed by atoms with E-state index in [0.717, 1.165) is 72.1 Å². The van der Waals surface area contributed by atoms with Crippen LogP contribution in [0, 0.1) is 0 Å². The first-order valence-corrected chi connectivity index (χ1v) is 16.3. The monoisotopic (exact) mass is 629 g/mol. The van der Waals surface area contributed by atoms with Crippen molar-refractivity contribution in [2.75, 3.05) is 0 Å². The highest BCUT2D eigenvalue weighted by atomic mass is 16.6. The molecule has 0 aliphatic carbocycles. The maximum absolute atomic E-state index is 6.76. The van der Waals surface area contributed by atoms with E-state index in [1.54, 1.807) is 0 Å². The predicted molar refractivity (Wildman–Crippen MR) is 197 cm³/mol. The fraction of sp³-hybridized carbons (Fsp3) is 0. The van der Waals surface area contributed by atoms with Crippen LogP contribution >= 0.6 is 0 Å². The molecule has 0 spiro atoms. The van der Waals surface area contributed by atoms with Crippen molar-refractivity contribution in [2.45, 2.75) is 0 Å². The Morgan fingerprint density at radius 3 is 1.82 bits per heavy atom. The molecule has 230 valence electrons. The number of benzene rings is 7. The molecule has 5 heteroatoms. The summed E-state index contributed by atoms with van der Waals surface area (Å²) in [5.74, 6) is 3.46. The molecule has 0 atom stereocenters. The van der Waals surface area contributed by atoms with Crippen LogP contribution in [0.5, 0.6) is 23.0 Å². The first-order valence-electron chi connectivity index (χ1n) is 16.3. The van der Waals surface area contributed by atoms with Crippen molar-refractivity contribution in [3.05, 3.63) is 164 Å². The van der Waals surface area contributed by atoms with Gasteiger partial charge in [-0.25, -0.2) is 9.97 Å². The average molecular weight is 630 g/mol. The van der Waals surface area contributed by atoms with Crippen molar-refractivity contribution in [1.82, 2.24) is 14.5 Å². The zero-order valence-electron chi connectivity index (χ0n) is 26.2. The van der Waals surface area contributed by atoms with Gasteiger partial charge in [0.1, 0.15) is 5.52 Å². The first kappa shape index (κ1) is 27.4. The van der Waals surface area contributed by atoms with Gasteiger partial charge in [0.25, 0.3) is 0 Å². The second kappa shape index (κ2) is 10.9. The number of aromatic nitrogens is 3. The lowest BCUT2D eigenvalue weighted by molar-refractivity contribution is 0.366. The maximum Gasteiger partial charge on any atom is 0.194 e. The van der Waals surface area contributed by atoms with Crippen LogP contribution in [0.25, 0.3) is 72.2 Å². The van der Waals surface area contributed by atoms with Crippen molar-refractivity contribution in [3.63, 3.8) is 0 Å². The number of hydrogen-bond acceptors (Lipinski definition) is 4. The van der Waals surface area contributed by atoms with Crippen LogP contribution in [-0.2, 0) is 0 Å². The zero-order valence-corrected chi connectivity index (χ0v) is 26.2. The molecule has 0 fully saturated rings. The molecule has 0 saturated carbocycles. The molecular weight excluding hydrogens is 603 g/mol. The number of hydrogen-bond donors (Lipinski definition) is 0. The van der Waals surface area contributed by atoms with E-state index in [0.29, 0.717) is 23.1 Å². The van der Waals surface area contributed by atoms with Crippen LogP contribution < -0.4 is 9.47 Å². The summed E-state index contributed by atoms with van der Waals surface area (Å²) in [4.78, 5) is 10.2. The van der Waals surface area contributed by atoms with E-state index >= 15 is 0 Å². The highest BCUT2D eigenvalue weighted by molar-refractivity contribution is 6.12. The zero-order chi connectivity index (χ0) is 32.3. The summed E-state index contributed by atoms with van der Waals surface area (Å²) in [6, 6.07) is 55.9. The lowest BCUT2D eigenvalue weighted by atomic mass is 10.1. The van der Waals surface area contributed by atoms with Gasteiger partial charge in [-0.1, -0.05) is 121 Å². The van der Waals surface area contributed by atoms with E-state index in [-0.39, 0.29) is 0 Å². The van der Waals surface area contributed by atoms with Crippen molar-refractivity contribution in [3.8, 4) is 62.6 Å². The Morgan fingerprint density at radius 1 is 0.429 bits per heavy atom. The molecule has 9 aromatic rings. The van der Waals surface area contributed by atoms with Gasteiger partial charge in [0.15, 0.2) is 28.8 Å². The molecule has 0 radical (unpaired) electrons. The van der Waals surface area contributed by atoms with Crippen molar-refractivity contribution >= 4 is 32.6 Å². The summed E-state index contributed by atoms with van der Waals surface area (Å²) < 4.78 is 15.7. The fourth-order valence-electron chi connectivity index (χ4n) is 6.96. The molecule has 0 amide bonds. The molecular formula is C44H27N3O2. The third-order valence-corrected chi connectivity index (χ3v) is 9.25. The molecule has 5 nitrogen and oxygen atoms in total. The third kappa shape index (κ3) is 4.48. The van der Waals surface area contributed by atoms with E-state index < -0.39 is 0 Å². The number of nitrogens with zero attached hydrogens (tertiary/aromatic N) is 3. The molecule has 49 heavy (non-hydrogen) atoms. The lowest BCUT2D eigenvalue weighted by Crippen LogP contribution is -2.03. The molecule has 0 unspecified atom stereocenters. The smallest absolute Gasteiger partial charge is 0.194 e. The van der Waals surface area contributed by atoms with Crippen molar-refractivity contribution in [1.29, 1.82) is 0 Å². The minimum Gasteiger partial charge on any atom is -0.449 e. The van der Waals surface area contributed by atoms with Gasteiger partial charge in [0, 0.05) is 38.5 Å². The highest BCUT2D eigenvalue weighted by Crippen LogP contribution is 2.52. The van der Waals surface area contributed by atoms with Gasteiger partial charge in [-0.3, -0.25) is 0 Å². The number of rotatable bonds is 4. The van der Waals surface area contributed by atoms with E-state index in [2.05, 4.69) is 108 Å². The number of fused-ring (bicyclic) bond motifs is 8. The summed E-state index contributed by atoms with van der Waals surface area (Å²) in [5, 5.41) is 4.34. The third-order valence-electron chi connectivity index (χ3n) is 9.25. The van der Waals surface area contributed by atoms with E-state index in [4.69, 9.17) is 19.4 Å². The predicted octanol–water partition coefficient (Wildman–Crippen LogP) is 11.6. The standard InChI is InChI=1S/C44H27N3O2/c1-3-13-29(14-4-1)36-27-37(30-15-5-2-6-16-30)46-44(45-36)31-17-11-18-32(26-31)47-38-21-10-9-20-34(38)35-23-25-40-43(41(35)47)49-39-24-22-28-12-7-8-19-33(28)42(39)48-40/h1-27H. The normalized spacial score (nSPS) is 12.0. The molecule has 0 bridgehead atoms. The maximum atomic E-state index is 6.76. The van der Waals surface area contributed by atoms with E-state index in [1.165, 1.54) is 0 Å². The number of para-hydroxylation sites is 1. The van der Waals surface area contributed by atoms with Crippen LogP contribution in [0.1, 0.15) is 0 Å². The Labute approximate surface area is 282 Å². The SMILES string of the molecule is c1ccc(-c2cc(-c3ccccc3)nc(-c3cccc(-n4c5ccccc5c5ccc6c(c54)Oc4ccc5ccccc5c4O6)c3)n2)cc1. The first-order chi connectivity index (χ1) is 24.3. The Kier molecular flexibility index (Phi) is 6.11. The molecule has 10 rings (SSSR count). The van der Waals surface area contributed by atoms with Gasteiger partial charge in [0.05, 0.1) is 16.9 Å². The number of ether oxygens (including phenoxy) is 2. The Balaban J connectivity index is 1.17. The molecule has 2 aromatic heterocycles. The Morgan fingerprint density at radius 2 is 1.04 bits per heavy atom. The summed E-state index contributed by atoms with van der Waals surface area (Å²) in [6.07, 6.45) is 0. The Bertz CT molecular complexity index is 2660. The summed E-state index contributed by atoms with van der Waals surface area (Å²) in [5.41, 5.74) is 7.73. The van der Waals surface area contributed by atoms with Crippen LogP contribution in [0.4, 0.5) is 0 Å². The summed E-state index contributed by atoms with van der Waals surface area (Å²) >= 11 is 0. The minimum atomic E-state index is 0.658. The summed E-state index contributed by atoms with van der Waals surface area (Å²) in [6.45, 7) is 0. The molecule has 3 heterocycles. The van der Waals surface area contributed by atoms with Gasteiger partial charge >= 0.3 is 0 Å². The topological polar surface area (TPSA) is 49.2 Å². The van der Waals surface area contributed by atoms with Crippen LogP contribution in [0.15, 0.2) is 164 Å². The van der Waals surface area contributed by atoms with E-state index in [1.807, 2.05) is 60.7 Å². The van der Waals surface area contributed by atoms with Gasteiger partial charge in [-0.05, 0) is 47.9 Å². The summed E-state index contributed by atoms with van der Waals surface area (Å²) in [7, 11) is 0. The van der Waals surface area contributed by atoms with Crippen LogP contribution in [0.2, 0.25) is 0 Å². The fourth-order valence-corrected chi connectivity index (χ4v) is 6.96. The van der Waals surface area contributed by atoms with Crippen LogP contribution in [0.3, 0.4) is 0 Å². The molecule has 0 saturated heterocycles. The largest absolute Gasteiger partial charge is 0.449 e. The lowest BCUT2D eigenvalue weighted by Gasteiger charge is -2.23. The van der Waals surface area contributed by atoms with Gasteiger partial charge in [-0.15, -0.1) is 0 Å². The van der Waals surface area contributed by atoms with Crippen molar-refractivity contribution < 1.29 is 9.47 Å². The van der Waals surface area contributed by atoms with E-state index in [9.17, 15) is 0 Å². The highest BCUT2D eigenvalue weighted by Gasteiger charge is 2.27. The molecule has 7 aromatic carbocycles. The molecule has 0 N–H and O–H groups in total.